The quantitative estimate of drug-likeness (QED) is 0.372. The monoisotopic (exact) mass is 158 g/mol. The van der Waals surface area contributed by atoms with Crippen LogP contribution in [0.1, 0.15) is 26.2 Å². The molecule has 0 aromatic rings. The molecule has 1 rings (SSSR count). The van der Waals surface area contributed by atoms with Crippen LogP contribution in [0.3, 0.4) is 0 Å². The predicted molar refractivity (Wildman–Crippen MR) is 40.2 cm³/mol. The van der Waals surface area contributed by atoms with Crippen molar-refractivity contribution in [1.29, 1.82) is 0 Å². The molecule has 0 aromatic carbocycles. The molecule has 64 valence electrons. The van der Waals surface area contributed by atoms with Crippen molar-refractivity contribution < 1.29 is 10.0 Å². The van der Waals surface area contributed by atoms with Crippen molar-refractivity contribution in [2.24, 2.45) is 0 Å². The van der Waals surface area contributed by atoms with E-state index in [9.17, 15) is 4.79 Å². The van der Waals surface area contributed by atoms with Gasteiger partial charge in [-0.15, -0.1) is 0 Å². The smallest absolute Gasteiger partial charge is 0.263 e. The van der Waals surface area contributed by atoms with E-state index in [1.165, 1.54) is 0 Å². The van der Waals surface area contributed by atoms with Gasteiger partial charge in [-0.25, -0.2) is 5.48 Å². The molecule has 1 aliphatic rings. The average molecular weight is 158 g/mol. The molecule has 1 aliphatic heterocycles. The standard InChI is InChI=1S/C7H14N2O2/c1-7(6(10)9-11)4-2-3-5-8-7/h8,11H,2-5H2,1H3,(H,9,10). The minimum atomic E-state index is -0.562. The molecule has 1 atom stereocenters. The summed E-state index contributed by atoms with van der Waals surface area (Å²) in [6, 6.07) is 0. The first-order valence-electron chi connectivity index (χ1n) is 3.88. The number of hydroxylamine groups is 1. The van der Waals surface area contributed by atoms with E-state index in [4.69, 9.17) is 5.21 Å². The van der Waals surface area contributed by atoms with Crippen molar-refractivity contribution in [1.82, 2.24) is 10.8 Å². The molecule has 1 amide bonds. The summed E-state index contributed by atoms with van der Waals surface area (Å²) >= 11 is 0. The largest absolute Gasteiger partial charge is 0.303 e. The number of carbonyl (C=O) groups is 1. The predicted octanol–water partition coefficient (Wildman–Crippen LogP) is 0.0240. The van der Waals surface area contributed by atoms with Gasteiger partial charge in [0.25, 0.3) is 5.91 Å². The highest BCUT2D eigenvalue weighted by molar-refractivity contribution is 5.84. The molecule has 0 radical (unpaired) electrons. The molecule has 1 heterocycles. The lowest BCUT2D eigenvalue weighted by Crippen LogP contribution is -2.56. The Hall–Kier alpha value is -0.610. The first-order chi connectivity index (χ1) is 5.19. The number of hydrogen-bond donors (Lipinski definition) is 3. The fourth-order valence-corrected chi connectivity index (χ4v) is 1.37. The molecule has 0 aliphatic carbocycles. The van der Waals surface area contributed by atoms with Crippen LogP contribution in [-0.4, -0.2) is 23.2 Å². The van der Waals surface area contributed by atoms with Crippen molar-refractivity contribution in [2.75, 3.05) is 6.54 Å². The molecule has 1 fully saturated rings. The van der Waals surface area contributed by atoms with Gasteiger partial charge in [-0.1, -0.05) is 0 Å². The van der Waals surface area contributed by atoms with Crippen LogP contribution >= 0.6 is 0 Å². The Balaban J connectivity index is 2.56. The number of rotatable bonds is 1. The summed E-state index contributed by atoms with van der Waals surface area (Å²) in [5.41, 5.74) is 1.11. The van der Waals surface area contributed by atoms with E-state index in [0.717, 1.165) is 25.8 Å². The van der Waals surface area contributed by atoms with Gasteiger partial charge in [0.15, 0.2) is 0 Å². The van der Waals surface area contributed by atoms with Crippen LogP contribution in [0.25, 0.3) is 0 Å². The van der Waals surface area contributed by atoms with Crippen molar-refractivity contribution >= 4 is 5.91 Å². The van der Waals surface area contributed by atoms with Crippen LogP contribution in [0, 0.1) is 0 Å². The van der Waals surface area contributed by atoms with Crippen LogP contribution in [0.15, 0.2) is 0 Å². The maximum Gasteiger partial charge on any atom is 0.263 e. The van der Waals surface area contributed by atoms with E-state index in [1.807, 2.05) is 0 Å². The Bertz CT molecular complexity index is 153. The van der Waals surface area contributed by atoms with Crippen LogP contribution in [0.2, 0.25) is 0 Å². The molecule has 3 N–H and O–H groups in total. The molecule has 11 heavy (non-hydrogen) atoms. The molecule has 1 saturated heterocycles. The molecule has 4 heteroatoms. The first-order valence-corrected chi connectivity index (χ1v) is 3.88. The fraction of sp³-hybridized carbons (Fsp3) is 0.857. The SMILES string of the molecule is CC1(C(=O)NO)CCCCN1. The summed E-state index contributed by atoms with van der Waals surface area (Å²) in [4.78, 5) is 11.1. The molecule has 4 nitrogen and oxygen atoms in total. The van der Waals surface area contributed by atoms with E-state index in [1.54, 1.807) is 12.4 Å². The summed E-state index contributed by atoms with van der Waals surface area (Å²) < 4.78 is 0. The van der Waals surface area contributed by atoms with E-state index >= 15 is 0 Å². The van der Waals surface area contributed by atoms with Crippen LogP contribution in [-0.2, 0) is 4.79 Å². The Labute approximate surface area is 65.9 Å². The van der Waals surface area contributed by atoms with Gasteiger partial charge < -0.3 is 5.32 Å². The van der Waals surface area contributed by atoms with Gasteiger partial charge in [-0.2, -0.15) is 0 Å². The zero-order chi connectivity index (χ0) is 8.32. The van der Waals surface area contributed by atoms with Gasteiger partial charge in [0.1, 0.15) is 0 Å². The maximum atomic E-state index is 11.1. The number of amides is 1. The zero-order valence-corrected chi connectivity index (χ0v) is 6.68. The second-order valence-corrected chi connectivity index (χ2v) is 3.16. The van der Waals surface area contributed by atoms with Gasteiger partial charge >= 0.3 is 0 Å². The summed E-state index contributed by atoms with van der Waals surface area (Å²) in [6.07, 6.45) is 2.94. The molecule has 0 saturated carbocycles. The van der Waals surface area contributed by atoms with Gasteiger partial charge in [0.2, 0.25) is 0 Å². The molecule has 0 aromatic heterocycles. The van der Waals surface area contributed by atoms with Gasteiger partial charge in [-0.3, -0.25) is 10.0 Å². The van der Waals surface area contributed by atoms with Gasteiger partial charge in [0.05, 0.1) is 5.54 Å². The molecule has 0 bridgehead atoms. The number of piperidine rings is 1. The minimum Gasteiger partial charge on any atom is -0.303 e. The number of hydrogen-bond acceptors (Lipinski definition) is 3. The number of carbonyl (C=O) groups excluding carboxylic acids is 1. The van der Waals surface area contributed by atoms with E-state index in [2.05, 4.69) is 5.32 Å². The Morgan fingerprint density at radius 2 is 2.36 bits per heavy atom. The summed E-state index contributed by atoms with van der Waals surface area (Å²) in [7, 11) is 0. The van der Waals surface area contributed by atoms with E-state index < -0.39 is 5.54 Å². The Kier molecular flexibility index (Phi) is 2.46. The third-order valence-corrected chi connectivity index (χ3v) is 2.22. The molecular formula is C7H14N2O2. The van der Waals surface area contributed by atoms with Crippen molar-refractivity contribution in [3.8, 4) is 0 Å². The van der Waals surface area contributed by atoms with Crippen LogP contribution < -0.4 is 10.8 Å². The van der Waals surface area contributed by atoms with Crippen molar-refractivity contribution in [3.63, 3.8) is 0 Å². The van der Waals surface area contributed by atoms with Gasteiger partial charge in [-0.05, 0) is 32.7 Å². The Morgan fingerprint density at radius 3 is 2.82 bits per heavy atom. The molecule has 1 unspecified atom stereocenters. The molecular weight excluding hydrogens is 144 g/mol. The lowest BCUT2D eigenvalue weighted by molar-refractivity contribution is -0.136. The zero-order valence-electron chi connectivity index (χ0n) is 6.68. The summed E-state index contributed by atoms with van der Waals surface area (Å²) in [6.45, 7) is 2.65. The number of nitrogens with one attached hydrogen (secondary N) is 2. The third kappa shape index (κ3) is 1.70. The highest BCUT2D eigenvalue weighted by Gasteiger charge is 2.33. The van der Waals surface area contributed by atoms with Crippen LogP contribution in [0.5, 0.6) is 0 Å². The third-order valence-electron chi connectivity index (χ3n) is 2.22. The minimum absolute atomic E-state index is 0.336. The second kappa shape index (κ2) is 3.19. The van der Waals surface area contributed by atoms with E-state index in [0.29, 0.717) is 0 Å². The van der Waals surface area contributed by atoms with Crippen LogP contribution in [0.4, 0.5) is 0 Å². The average Bonchev–Trinajstić information content (AvgIpc) is 2.04. The lowest BCUT2D eigenvalue weighted by Gasteiger charge is -2.32. The topological polar surface area (TPSA) is 61.4 Å². The van der Waals surface area contributed by atoms with Gasteiger partial charge in [0, 0.05) is 0 Å². The normalized spacial score (nSPS) is 31.5. The van der Waals surface area contributed by atoms with E-state index in [-0.39, 0.29) is 5.91 Å². The highest BCUT2D eigenvalue weighted by Crippen LogP contribution is 2.18. The molecule has 0 spiro atoms. The highest BCUT2D eigenvalue weighted by atomic mass is 16.5. The first kappa shape index (κ1) is 8.49. The van der Waals surface area contributed by atoms with Crippen molar-refractivity contribution in [3.05, 3.63) is 0 Å². The summed E-state index contributed by atoms with van der Waals surface area (Å²) in [5.74, 6) is -0.336. The second-order valence-electron chi connectivity index (χ2n) is 3.16. The summed E-state index contributed by atoms with van der Waals surface area (Å²) in [5, 5.41) is 11.5. The Morgan fingerprint density at radius 1 is 1.64 bits per heavy atom. The fourth-order valence-electron chi connectivity index (χ4n) is 1.37. The lowest BCUT2D eigenvalue weighted by atomic mass is 9.90. The maximum absolute atomic E-state index is 11.1. The van der Waals surface area contributed by atoms with Crippen molar-refractivity contribution in [2.45, 2.75) is 31.7 Å².